The Kier molecular flexibility index (Phi) is 2.28. The summed E-state index contributed by atoms with van der Waals surface area (Å²) >= 11 is 1.13. The van der Waals surface area contributed by atoms with E-state index in [0.29, 0.717) is 6.42 Å². The van der Waals surface area contributed by atoms with Crippen LogP contribution >= 0.6 is 11.8 Å². The Morgan fingerprint density at radius 1 is 1.69 bits per heavy atom. The van der Waals surface area contributed by atoms with E-state index in [1.807, 2.05) is 6.07 Å². The number of carbonyl (C=O) groups is 1. The molecule has 1 amide bonds. The minimum absolute atomic E-state index is 0.106. The highest BCUT2D eigenvalue weighted by molar-refractivity contribution is 8.14. The van der Waals surface area contributed by atoms with Gasteiger partial charge in [0.1, 0.15) is 6.23 Å². The van der Waals surface area contributed by atoms with E-state index < -0.39 is 6.23 Å². The lowest BCUT2D eigenvalue weighted by Crippen LogP contribution is -2.31. The molecule has 1 aliphatic heterocycles. The minimum atomic E-state index is -0.743. The van der Waals surface area contributed by atoms with E-state index in [-0.39, 0.29) is 10.5 Å². The third-order valence-corrected chi connectivity index (χ3v) is 2.95. The second kappa shape index (κ2) is 3.43. The van der Waals surface area contributed by atoms with Crippen LogP contribution in [0.2, 0.25) is 0 Å². The predicted octanol–water partition coefficient (Wildman–Crippen LogP) is 0.966. The minimum Gasteiger partial charge on any atom is -0.472 e. The lowest BCUT2D eigenvalue weighted by molar-refractivity contribution is 0.152. The summed E-state index contributed by atoms with van der Waals surface area (Å²) in [4.78, 5) is 10.9. The number of aliphatic hydroxyl groups is 1. The Morgan fingerprint density at radius 3 is 3.08 bits per heavy atom. The first-order valence-electron chi connectivity index (χ1n) is 3.92. The number of furan rings is 1. The summed E-state index contributed by atoms with van der Waals surface area (Å²) in [6.07, 6.45) is 3.10. The van der Waals surface area contributed by atoms with Crippen LogP contribution in [-0.2, 0) is 6.42 Å². The average molecular weight is 199 g/mol. The summed E-state index contributed by atoms with van der Waals surface area (Å²) in [5.74, 6) is 0. The molecule has 0 radical (unpaired) electrons. The van der Waals surface area contributed by atoms with Gasteiger partial charge in [-0.3, -0.25) is 4.79 Å². The van der Waals surface area contributed by atoms with Gasteiger partial charge in [0.05, 0.1) is 17.8 Å². The number of nitrogens with one attached hydrogen (secondary N) is 1. The lowest BCUT2D eigenvalue weighted by Gasteiger charge is -2.09. The predicted molar refractivity (Wildman–Crippen MR) is 48.3 cm³/mol. The van der Waals surface area contributed by atoms with Crippen LogP contribution in [0.1, 0.15) is 5.56 Å². The first-order valence-corrected chi connectivity index (χ1v) is 4.80. The number of carbonyl (C=O) groups excluding carboxylic acids is 1. The van der Waals surface area contributed by atoms with Crippen molar-refractivity contribution in [2.75, 3.05) is 0 Å². The van der Waals surface area contributed by atoms with E-state index >= 15 is 0 Å². The number of rotatable bonds is 2. The molecule has 2 N–H and O–H groups in total. The molecule has 13 heavy (non-hydrogen) atoms. The normalized spacial score (nSPS) is 27.6. The zero-order chi connectivity index (χ0) is 9.26. The van der Waals surface area contributed by atoms with Crippen LogP contribution in [0.15, 0.2) is 23.0 Å². The van der Waals surface area contributed by atoms with Gasteiger partial charge in [-0.2, -0.15) is 0 Å². The van der Waals surface area contributed by atoms with Gasteiger partial charge in [-0.25, -0.2) is 0 Å². The van der Waals surface area contributed by atoms with Gasteiger partial charge in [0.2, 0.25) is 0 Å². The van der Waals surface area contributed by atoms with E-state index in [2.05, 4.69) is 5.32 Å². The van der Waals surface area contributed by atoms with Gasteiger partial charge < -0.3 is 14.8 Å². The maximum atomic E-state index is 10.9. The van der Waals surface area contributed by atoms with Crippen molar-refractivity contribution >= 4 is 17.0 Å². The molecular formula is C8H9NO3S. The molecule has 2 heterocycles. The Bertz CT molecular complexity index is 298. The van der Waals surface area contributed by atoms with E-state index in [4.69, 9.17) is 4.42 Å². The second-order valence-corrected chi connectivity index (χ2v) is 4.08. The Morgan fingerprint density at radius 2 is 2.54 bits per heavy atom. The zero-order valence-corrected chi connectivity index (χ0v) is 7.58. The molecule has 2 rings (SSSR count). The number of hydrogen-bond acceptors (Lipinski definition) is 4. The molecule has 5 heteroatoms. The summed E-state index contributed by atoms with van der Waals surface area (Å²) in [6.45, 7) is 0. The first-order chi connectivity index (χ1) is 6.25. The third-order valence-electron chi connectivity index (χ3n) is 1.89. The van der Waals surface area contributed by atoms with Crippen molar-refractivity contribution in [3.8, 4) is 0 Å². The fraction of sp³-hybridized carbons (Fsp3) is 0.375. The molecular weight excluding hydrogens is 190 g/mol. The van der Waals surface area contributed by atoms with Crippen molar-refractivity contribution in [3.63, 3.8) is 0 Å². The monoisotopic (exact) mass is 199 g/mol. The number of hydrogen-bond donors (Lipinski definition) is 2. The van der Waals surface area contributed by atoms with Crippen LogP contribution < -0.4 is 5.32 Å². The maximum absolute atomic E-state index is 10.9. The van der Waals surface area contributed by atoms with Crippen molar-refractivity contribution < 1.29 is 14.3 Å². The fourth-order valence-corrected chi connectivity index (χ4v) is 2.18. The highest BCUT2D eigenvalue weighted by atomic mass is 32.2. The molecule has 2 atom stereocenters. The van der Waals surface area contributed by atoms with Crippen molar-refractivity contribution in [1.29, 1.82) is 0 Å². The molecule has 0 aliphatic carbocycles. The van der Waals surface area contributed by atoms with Gasteiger partial charge in [-0.1, -0.05) is 11.8 Å². The van der Waals surface area contributed by atoms with E-state index in [9.17, 15) is 9.90 Å². The number of thioether (sulfide) groups is 1. The highest BCUT2D eigenvalue weighted by Gasteiger charge is 2.31. The molecule has 2 unspecified atom stereocenters. The Labute approximate surface area is 79.3 Å². The fourth-order valence-electron chi connectivity index (χ4n) is 1.24. The van der Waals surface area contributed by atoms with Crippen LogP contribution in [0, 0.1) is 0 Å². The van der Waals surface area contributed by atoms with Gasteiger partial charge in [0.15, 0.2) is 0 Å². The molecule has 1 saturated heterocycles. The molecule has 0 aromatic carbocycles. The molecule has 4 nitrogen and oxygen atoms in total. The van der Waals surface area contributed by atoms with Crippen LogP contribution in [0.4, 0.5) is 4.79 Å². The van der Waals surface area contributed by atoms with Crippen molar-refractivity contribution in [1.82, 2.24) is 5.32 Å². The Balaban J connectivity index is 1.99. The van der Waals surface area contributed by atoms with Gasteiger partial charge >= 0.3 is 0 Å². The summed E-state index contributed by atoms with van der Waals surface area (Å²) in [5.41, 5.74) is 0.994. The van der Waals surface area contributed by atoms with Gasteiger partial charge in [-0.15, -0.1) is 0 Å². The quantitative estimate of drug-likeness (QED) is 0.744. The van der Waals surface area contributed by atoms with Crippen LogP contribution in [0.3, 0.4) is 0 Å². The van der Waals surface area contributed by atoms with Crippen LogP contribution in [0.25, 0.3) is 0 Å². The number of aliphatic hydroxyl groups excluding tert-OH is 1. The molecule has 1 fully saturated rings. The summed E-state index contributed by atoms with van der Waals surface area (Å²) in [5, 5.41) is 11.5. The lowest BCUT2D eigenvalue weighted by atomic mass is 10.2. The van der Waals surface area contributed by atoms with Crippen molar-refractivity contribution in [2.45, 2.75) is 17.9 Å². The summed E-state index contributed by atoms with van der Waals surface area (Å²) in [7, 11) is 0. The second-order valence-electron chi connectivity index (χ2n) is 2.87. The maximum Gasteiger partial charge on any atom is 0.281 e. The zero-order valence-electron chi connectivity index (χ0n) is 6.77. The topological polar surface area (TPSA) is 62.5 Å². The van der Waals surface area contributed by atoms with E-state index in [1.165, 1.54) is 0 Å². The van der Waals surface area contributed by atoms with Crippen molar-refractivity contribution in [2.24, 2.45) is 0 Å². The SMILES string of the molecule is O=C1NC(O)C(Cc2ccoc2)S1. The smallest absolute Gasteiger partial charge is 0.281 e. The summed E-state index contributed by atoms with van der Waals surface area (Å²) < 4.78 is 4.89. The molecule has 1 aliphatic rings. The van der Waals surface area contributed by atoms with Gasteiger partial charge in [0.25, 0.3) is 5.24 Å². The first kappa shape index (κ1) is 8.65. The molecule has 1 aromatic heterocycles. The number of amides is 1. The summed E-state index contributed by atoms with van der Waals surface area (Å²) in [6, 6.07) is 1.83. The van der Waals surface area contributed by atoms with E-state index in [1.54, 1.807) is 12.5 Å². The Hall–Kier alpha value is -0.940. The van der Waals surface area contributed by atoms with Crippen LogP contribution in [-0.4, -0.2) is 21.8 Å². The van der Waals surface area contributed by atoms with Crippen LogP contribution in [0.5, 0.6) is 0 Å². The van der Waals surface area contributed by atoms with Crippen molar-refractivity contribution in [3.05, 3.63) is 24.2 Å². The highest BCUT2D eigenvalue weighted by Crippen LogP contribution is 2.25. The molecule has 0 bridgehead atoms. The van der Waals surface area contributed by atoms with E-state index in [0.717, 1.165) is 17.3 Å². The van der Waals surface area contributed by atoms with Gasteiger partial charge in [0, 0.05) is 0 Å². The third kappa shape index (κ3) is 1.87. The van der Waals surface area contributed by atoms with Gasteiger partial charge in [-0.05, 0) is 18.1 Å². The molecule has 1 aromatic rings. The largest absolute Gasteiger partial charge is 0.472 e. The molecule has 0 spiro atoms. The standard InChI is InChI=1S/C8H9NO3S/c10-7-6(13-8(11)9-7)3-5-1-2-12-4-5/h1-2,4,6-7,10H,3H2,(H,9,11). The molecule has 0 saturated carbocycles. The molecule has 70 valence electrons. The average Bonchev–Trinajstić information content (AvgIpc) is 2.63.